The van der Waals surface area contributed by atoms with Gasteiger partial charge >= 0.3 is 35.5 Å². The molecule has 0 amide bonds. The molecular formula is C48H40BF4NO2PRh. The molecule has 0 unspecified atom stereocenters. The Bertz CT molecular complexity index is 2450. The van der Waals surface area contributed by atoms with Crippen molar-refractivity contribution in [1.82, 2.24) is 0 Å². The van der Waals surface area contributed by atoms with Gasteiger partial charge in [-0.05, 0) is 68.5 Å². The number of anilines is 1. The number of hydrogen-bond donors (Lipinski definition) is 0. The minimum absolute atomic E-state index is 0. The number of halogens is 4. The van der Waals surface area contributed by atoms with Crippen LogP contribution in [0.25, 0.3) is 43.4 Å². The number of hydrogen-bond acceptors (Lipinski definition) is 3. The molecule has 0 bridgehead atoms. The molecule has 294 valence electrons. The number of fused-ring (bicyclic) bond motifs is 9. The second kappa shape index (κ2) is 19.6. The average Bonchev–Trinajstić information content (AvgIpc) is 3.38. The van der Waals surface area contributed by atoms with E-state index in [2.05, 4.69) is 169 Å². The molecule has 58 heavy (non-hydrogen) atoms. The van der Waals surface area contributed by atoms with E-state index < -0.39 is 16.1 Å². The van der Waals surface area contributed by atoms with Crippen molar-refractivity contribution in [1.29, 1.82) is 0 Å². The van der Waals surface area contributed by atoms with Gasteiger partial charge in [-0.15, -0.1) is 6.07 Å². The smallest absolute Gasteiger partial charge is 1.00 e. The second-order valence-electron chi connectivity index (χ2n) is 13.8. The van der Waals surface area contributed by atoms with Gasteiger partial charge in [-0.25, -0.2) is 17.5 Å². The van der Waals surface area contributed by atoms with Crippen molar-refractivity contribution in [2.24, 2.45) is 0 Å². The molecule has 0 N–H and O–H groups in total. The van der Waals surface area contributed by atoms with E-state index in [4.69, 9.17) is 9.05 Å². The standard InChI is InChI=1S/C40H29NO2P.C8H10.BF3.FH.Rh/c1-26-10-8-15-30-20-23-35(34-19-9-14-27-11-2-5-16-31(27)34)41(40(26)30)44-42-36-24-21-28-12-3-6-17-32(28)38(36)39-33-18-7-4-13-29(33)22-25-37(39)43-44;1-2-4-6-8-7-5-3-1;2-1(3)4;;/h2-19,21-22,24-25,35H,1,20,23H2;1,6H,2,4-5,7H2;;1H;/q-1;-2;;;+3/t35-;;;;/m0..../s1. The molecule has 7 aromatic rings. The molecule has 0 saturated carbocycles. The van der Waals surface area contributed by atoms with Gasteiger partial charge in [0, 0.05) is 11.1 Å². The number of nitrogens with zero attached hydrogens (tertiary/aromatic N) is 1. The minimum Gasteiger partial charge on any atom is -1.00 e. The van der Waals surface area contributed by atoms with Crippen LogP contribution >= 0.6 is 8.53 Å². The molecule has 1 atom stereocenters. The Labute approximate surface area is 351 Å². The van der Waals surface area contributed by atoms with E-state index in [0.29, 0.717) is 0 Å². The summed E-state index contributed by atoms with van der Waals surface area (Å²) in [6, 6.07) is 47.6. The number of aryl methyl sites for hydroxylation is 1. The van der Waals surface area contributed by atoms with Gasteiger partial charge in [0.05, 0.1) is 6.04 Å². The van der Waals surface area contributed by atoms with Crippen LogP contribution in [-0.4, -0.2) is 7.54 Å². The fourth-order valence-electron chi connectivity index (χ4n) is 8.00. The normalized spacial score (nSPS) is 15.4. The minimum atomic E-state index is -3.67. The van der Waals surface area contributed by atoms with Gasteiger partial charge < -0.3 is 16.9 Å². The van der Waals surface area contributed by atoms with Crippen molar-refractivity contribution >= 4 is 54.1 Å². The average molecular weight is 884 g/mol. The molecule has 0 saturated heterocycles. The number of benzene rings is 7. The number of allylic oxidation sites excluding steroid dienone is 4. The summed E-state index contributed by atoms with van der Waals surface area (Å²) in [5.41, 5.74) is 6.91. The zero-order valence-corrected chi connectivity index (χ0v) is 34.2. The molecule has 0 radical (unpaired) electrons. The quantitative estimate of drug-likeness (QED) is 0.0747. The Kier molecular flexibility index (Phi) is 14.3. The van der Waals surface area contributed by atoms with Crippen molar-refractivity contribution in [3.8, 4) is 22.6 Å². The van der Waals surface area contributed by atoms with Gasteiger partial charge in [-0.3, -0.25) is 34.1 Å². The third kappa shape index (κ3) is 8.97. The fraction of sp³-hybridized carbons (Fsp3) is 0.146. The summed E-state index contributed by atoms with van der Waals surface area (Å²) >= 11 is 0. The van der Waals surface area contributed by atoms with Gasteiger partial charge in [0.2, 0.25) is 0 Å². The molecule has 0 spiro atoms. The first kappa shape index (κ1) is 42.5. The summed E-state index contributed by atoms with van der Waals surface area (Å²) in [5, 5.41) is 7.20. The van der Waals surface area contributed by atoms with Crippen LogP contribution in [-0.2, 0) is 25.9 Å². The third-order valence-corrected chi connectivity index (χ3v) is 12.1. The van der Waals surface area contributed by atoms with E-state index in [9.17, 15) is 12.9 Å². The van der Waals surface area contributed by atoms with Crippen LogP contribution < -0.4 is 18.4 Å². The first-order chi connectivity index (χ1) is 27.5. The maximum absolute atomic E-state index is 9.67. The Morgan fingerprint density at radius 1 is 0.621 bits per heavy atom. The van der Waals surface area contributed by atoms with Gasteiger partial charge in [0.25, 0.3) is 0 Å². The van der Waals surface area contributed by atoms with Crippen LogP contribution in [0, 0.1) is 19.1 Å². The molecule has 10 heteroatoms. The van der Waals surface area contributed by atoms with E-state index in [1.807, 2.05) is 0 Å². The summed E-state index contributed by atoms with van der Waals surface area (Å²) in [5.74, 6) is 1.72. The molecular weight excluding hydrogens is 843 g/mol. The molecule has 3 aliphatic rings. The summed E-state index contributed by atoms with van der Waals surface area (Å²) in [7, 11) is -5.81. The van der Waals surface area contributed by atoms with Crippen LogP contribution in [0.3, 0.4) is 0 Å². The molecule has 3 nitrogen and oxygen atoms in total. The summed E-state index contributed by atoms with van der Waals surface area (Å²) in [4.78, 5) is 0. The van der Waals surface area contributed by atoms with Crippen molar-refractivity contribution in [2.45, 2.75) is 44.6 Å². The topological polar surface area (TPSA) is 21.7 Å². The van der Waals surface area contributed by atoms with Gasteiger partial charge in [0.1, 0.15) is 0 Å². The monoisotopic (exact) mass is 883 g/mol. The van der Waals surface area contributed by atoms with Crippen LogP contribution in [0.5, 0.6) is 11.5 Å². The van der Waals surface area contributed by atoms with Gasteiger partial charge in [0.15, 0.2) is 11.5 Å². The predicted octanol–water partition coefficient (Wildman–Crippen LogP) is 11.1. The Balaban J connectivity index is 0.000000354. The molecule has 10 rings (SSSR count). The Morgan fingerprint density at radius 3 is 1.67 bits per heavy atom. The molecule has 0 fully saturated rings. The largest absolute Gasteiger partial charge is 3.00 e. The maximum Gasteiger partial charge on any atom is 3.00 e. The van der Waals surface area contributed by atoms with Crippen LogP contribution in [0.1, 0.15) is 54.8 Å². The fourth-order valence-corrected chi connectivity index (χ4v) is 9.95. The van der Waals surface area contributed by atoms with Gasteiger partial charge in [-0.1, -0.05) is 128 Å². The van der Waals surface area contributed by atoms with Gasteiger partial charge in [-0.2, -0.15) is 18.6 Å². The van der Waals surface area contributed by atoms with Crippen molar-refractivity contribution < 1.29 is 46.2 Å². The zero-order valence-electron chi connectivity index (χ0n) is 31.6. The first-order valence-corrected chi connectivity index (χ1v) is 20.2. The first-order valence-electron chi connectivity index (χ1n) is 19.0. The van der Waals surface area contributed by atoms with E-state index >= 15 is 0 Å². The molecule has 7 aromatic carbocycles. The predicted molar refractivity (Wildman–Crippen MR) is 228 cm³/mol. The summed E-state index contributed by atoms with van der Waals surface area (Å²) in [6.07, 6.45) is 16.9. The van der Waals surface area contributed by atoms with Crippen LogP contribution in [0.2, 0.25) is 0 Å². The zero-order chi connectivity index (χ0) is 38.4. The van der Waals surface area contributed by atoms with E-state index in [1.54, 1.807) is 0 Å². The van der Waals surface area contributed by atoms with E-state index in [0.717, 1.165) is 83.2 Å². The Hall–Kier alpha value is -5.09. The molecule has 0 aromatic heterocycles. The number of rotatable bonds is 2. The van der Waals surface area contributed by atoms with Crippen molar-refractivity contribution in [3.05, 3.63) is 181 Å². The molecule has 1 aliphatic carbocycles. The molecule has 2 heterocycles. The number of para-hydroxylation sites is 1. The van der Waals surface area contributed by atoms with Crippen LogP contribution in [0.4, 0.5) is 18.6 Å². The molecule has 2 aliphatic heterocycles. The van der Waals surface area contributed by atoms with E-state index in [1.165, 1.54) is 32.7 Å². The summed E-state index contributed by atoms with van der Waals surface area (Å²) in [6.45, 7) is 4.53. The Morgan fingerprint density at radius 2 is 1.10 bits per heavy atom. The summed E-state index contributed by atoms with van der Waals surface area (Å²) < 4.78 is 45.8. The maximum atomic E-state index is 9.67. The van der Waals surface area contributed by atoms with E-state index in [-0.39, 0.29) is 30.2 Å². The van der Waals surface area contributed by atoms with Crippen LogP contribution in [0.15, 0.2) is 146 Å². The van der Waals surface area contributed by atoms with Crippen molar-refractivity contribution in [2.75, 3.05) is 4.67 Å². The van der Waals surface area contributed by atoms with Crippen molar-refractivity contribution in [3.63, 3.8) is 0 Å². The third-order valence-electron chi connectivity index (χ3n) is 10.4. The SMILES string of the molecule is FB(F)F.[C-]1=CCCC=[C-]CC1.[CH2-]c1cccc2c1N([PH+]1Oc3ccc4ccccc4c3-c3c(ccc4ccccc34)O1)[C@H](c1cccc3ccccc13)CC2.[F-].[Rh+3]. The second-order valence-corrected chi connectivity index (χ2v) is 15.3.